The van der Waals surface area contributed by atoms with Crippen LogP contribution >= 0.6 is 0 Å². The van der Waals surface area contributed by atoms with Crippen molar-refractivity contribution in [2.45, 2.75) is 30.9 Å². The second kappa shape index (κ2) is 10.5. The SMILES string of the molecule is COC(=O)C1=C(C(=O)OC)N(c2ccc(-n3nc(C(F)(F)F)cc3C3CC3)cc2)C(N)=C(C#N)C1c1ccccc1. The van der Waals surface area contributed by atoms with Crippen molar-refractivity contribution in [3.8, 4) is 11.8 Å². The molecule has 1 saturated carbocycles. The van der Waals surface area contributed by atoms with Gasteiger partial charge in [-0.25, -0.2) is 14.3 Å². The fraction of sp³-hybridized carbons (Fsp3) is 0.241. The lowest BCUT2D eigenvalue weighted by molar-refractivity contribution is -0.141. The molecule has 2 N–H and O–H groups in total. The number of ether oxygens (including phenoxy) is 2. The summed E-state index contributed by atoms with van der Waals surface area (Å²) in [6.45, 7) is 0. The average molecular weight is 564 g/mol. The van der Waals surface area contributed by atoms with Gasteiger partial charge < -0.3 is 15.2 Å². The summed E-state index contributed by atoms with van der Waals surface area (Å²) in [5.41, 5.74) is 6.67. The summed E-state index contributed by atoms with van der Waals surface area (Å²) in [5, 5.41) is 14.0. The molecule has 1 aliphatic heterocycles. The number of nitriles is 1. The molecule has 1 unspecified atom stereocenters. The zero-order chi connectivity index (χ0) is 29.5. The number of esters is 2. The van der Waals surface area contributed by atoms with E-state index >= 15 is 0 Å². The topological polar surface area (TPSA) is 123 Å². The number of benzene rings is 2. The Morgan fingerprint density at radius 2 is 1.61 bits per heavy atom. The second-order valence-electron chi connectivity index (χ2n) is 9.49. The second-order valence-corrected chi connectivity index (χ2v) is 9.49. The van der Waals surface area contributed by atoms with Crippen molar-refractivity contribution < 1.29 is 32.2 Å². The Bertz CT molecular complexity index is 1610. The summed E-state index contributed by atoms with van der Waals surface area (Å²) in [6, 6.07) is 17.7. The normalized spacial score (nSPS) is 17.4. The van der Waals surface area contributed by atoms with E-state index in [4.69, 9.17) is 15.2 Å². The Labute approximate surface area is 232 Å². The van der Waals surface area contributed by atoms with Gasteiger partial charge in [0.2, 0.25) is 0 Å². The first-order chi connectivity index (χ1) is 19.6. The Hall–Kier alpha value is -5.05. The summed E-state index contributed by atoms with van der Waals surface area (Å²) in [5.74, 6) is -2.95. The summed E-state index contributed by atoms with van der Waals surface area (Å²) in [7, 11) is 2.29. The quantitative estimate of drug-likeness (QED) is 0.430. The highest BCUT2D eigenvalue weighted by atomic mass is 19.4. The van der Waals surface area contributed by atoms with Crippen molar-refractivity contribution in [3.63, 3.8) is 0 Å². The number of halogens is 3. The number of alkyl halides is 3. The van der Waals surface area contributed by atoms with Crippen molar-refractivity contribution in [1.29, 1.82) is 5.26 Å². The Morgan fingerprint density at radius 1 is 1.00 bits per heavy atom. The number of hydrogen-bond acceptors (Lipinski definition) is 8. The number of anilines is 1. The first-order valence-electron chi connectivity index (χ1n) is 12.5. The number of nitrogens with zero attached hydrogens (tertiary/aromatic N) is 4. The molecule has 2 heterocycles. The van der Waals surface area contributed by atoms with Gasteiger partial charge in [-0.2, -0.15) is 23.5 Å². The van der Waals surface area contributed by atoms with Crippen LogP contribution in [0.3, 0.4) is 0 Å². The Morgan fingerprint density at radius 3 is 2.15 bits per heavy atom. The molecule has 0 spiro atoms. The number of allylic oxidation sites excluding steroid dienone is 1. The van der Waals surface area contributed by atoms with E-state index in [2.05, 4.69) is 11.2 Å². The van der Waals surface area contributed by atoms with E-state index in [1.807, 2.05) is 0 Å². The van der Waals surface area contributed by atoms with Gasteiger partial charge in [0, 0.05) is 17.3 Å². The predicted molar refractivity (Wildman–Crippen MR) is 140 cm³/mol. The molecule has 1 fully saturated rings. The van der Waals surface area contributed by atoms with Gasteiger partial charge in [0.15, 0.2) is 5.69 Å². The third-order valence-electron chi connectivity index (χ3n) is 6.99. The Kier molecular flexibility index (Phi) is 7.04. The van der Waals surface area contributed by atoms with Crippen molar-refractivity contribution >= 4 is 17.6 Å². The number of carbonyl (C=O) groups excluding carboxylic acids is 2. The molecule has 2 aliphatic rings. The van der Waals surface area contributed by atoms with Crippen LogP contribution in [-0.2, 0) is 25.2 Å². The number of hydrogen-bond donors (Lipinski definition) is 1. The molecule has 5 rings (SSSR count). The summed E-state index contributed by atoms with van der Waals surface area (Å²) >= 11 is 0. The zero-order valence-electron chi connectivity index (χ0n) is 22.0. The van der Waals surface area contributed by atoms with Crippen LogP contribution in [0.5, 0.6) is 0 Å². The summed E-state index contributed by atoms with van der Waals surface area (Å²) in [6.07, 6.45) is -3.08. The number of rotatable bonds is 6. The van der Waals surface area contributed by atoms with Gasteiger partial charge in [0.05, 0.1) is 43.0 Å². The molecule has 210 valence electrons. The van der Waals surface area contributed by atoms with Gasteiger partial charge in [-0.3, -0.25) is 4.90 Å². The molecule has 1 atom stereocenters. The van der Waals surface area contributed by atoms with Crippen molar-refractivity contribution in [1.82, 2.24) is 9.78 Å². The maximum Gasteiger partial charge on any atom is 0.435 e. The van der Waals surface area contributed by atoms with Gasteiger partial charge in [0.25, 0.3) is 0 Å². The molecule has 1 aromatic heterocycles. The van der Waals surface area contributed by atoms with Crippen LogP contribution in [0.1, 0.15) is 41.6 Å². The average Bonchev–Trinajstić information content (AvgIpc) is 3.72. The highest BCUT2D eigenvalue weighted by molar-refractivity contribution is 6.06. The highest BCUT2D eigenvalue weighted by Crippen LogP contribution is 2.45. The molecule has 3 aromatic rings. The molecule has 2 aromatic carbocycles. The lowest BCUT2D eigenvalue weighted by Crippen LogP contribution is -2.40. The minimum absolute atomic E-state index is 0.00811. The largest absolute Gasteiger partial charge is 0.466 e. The van der Waals surface area contributed by atoms with Crippen LogP contribution in [-0.4, -0.2) is 35.9 Å². The van der Waals surface area contributed by atoms with Gasteiger partial charge in [-0.05, 0) is 48.7 Å². The van der Waals surface area contributed by atoms with Gasteiger partial charge in [0.1, 0.15) is 11.5 Å². The smallest absolute Gasteiger partial charge is 0.435 e. The molecular formula is C29H24F3N5O4. The Balaban J connectivity index is 1.67. The third-order valence-corrected chi connectivity index (χ3v) is 6.99. The fourth-order valence-corrected chi connectivity index (χ4v) is 4.94. The zero-order valence-corrected chi connectivity index (χ0v) is 22.0. The van der Waals surface area contributed by atoms with Crippen molar-refractivity contribution in [2.75, 3.05) is 19.1 Å². The summed E-state index contributed by atoms with van der Waals surface area (Å²) in [4.78, 5) is 27.6. The first-order valence-corrected chi connectivity index (χ1v) is 12.5. The molecule has 0 bridgehead atoms. The minimum atomic E-state index is -4.60. The van der Waals surface area contributed by atoms with E-state index in [9.17, 15) is 28.0 Å². The molecule has 0 radical (unpaired) electrons. The van der Waals surface area contributed by atoms with E-state index in [1.165, 1.54) is 33.8 Å². The molecule has 9 nitrogen and oxygen atoms in total. The highest BCUT2D eigenvalue weighted by Gasteiger charge is 2.43. The van der Waals surface area contributed by atoms with Crippen molar-refractivity contribution in [3.05, 3.63) is 100 Å². The van der Waals surface area contributed by atoms with E-state index in [-0.39, 0.29) is 34.3 Å². The number of aromatic nitrogens is 2. The molecule has 0 saturated heterocycles. The van der Waals surface area contributed by atoms with Crippen LogP contribution in [0.2, 0.25) is 0 Å². The van der Waals surface area contributed by atoms with Gasteiger partial charge >= 0.3 is 18.1 Å². The van der Waals surface area contributed by atoms with Crippen LogP contribution < -0.4 is 10.6 Å². The molecule has 0 amide bonds. The van der Waals surface area contributed by atoms with E-state index in [0.717, 1.165) is 33.1 Å². The van der Waals surface area contributed by atoms with Gasteiger partial charge in [-0.1, -0.05) is 30.3 Å². The standard InChI is InChI=1S/C29H24F3N5O4/c1-40-27(38)24-23(17-6-4-3-5-7-17)20(15-33)26(34)36(25(24)28(39)41-2)18-10-12-19(13-11-18)37-21(16-8-9-16)14-22(35-37)29(30,31)32/h3-7,10-14,16,23H,8-9,34H2,1-2H3. The minimum Gasteiger partial charge on any atom is -0.466 e. The molecule has 1 aliphatic carbocycles. The predicted octanol–water partition coefficient (Wildman–Crippen LogP) is 4.67. The van der Waals surface area contributed by atoms with Crippen LogP contribution in [0, 0.1) is 11.3 Å². The monoisotopic (exact) mass is 563 g/mol. The molecular weight excluding hydrogens is 539 g/mol. The lowest BCUT2D eigenvalue weighted by Gasteiger charge is -2.35. The van der Waals surface area contributed by atoms with Crippen LogP contribution in [0.15, 0.2) is 83.3 Å². The third kappa shape index (κ3) is 4.91. The molecule has 41 heavy (non-hydrogen) atoms. The van der Waals surface area contributed by atoms with Crippen LogP contribution in [0.25, 0.3) is 5.69 Å². The van der Waals surface area contributed by atoms with E-state index < -0.39 is 29.7 Å². The lowest BCUT2D eigenvalue weighted by atomic mass is 9.81. The number of carbonyl (C=O) groups is 2. The van der Waals surface area contributed by atoms with Crippen LogP contribution in [0.4, 0.5) is 18.9 Å². The maximum atomic E-state index is 13.4. The maximum absolute atomic E-state index is 13.4. The fourth-order valence-electron chi connectivity index (χ4n) is 4.94. The van der Waals surface area contributed by atoms with E-state index in [1.54, 1.807) is 30.3 Å². The van der Waals surface area contributed by atoms with E-state index in [0.29, 0.717) is 16.9 Å². The number of methoxy groups -OCH3 is 2. The summed E-state index contributed by atoms with van der Waals surface area (Å²) < 4.78 is 51.6. The number of nitrogens with two attached hydrogens (primary N) is 1. The van der Waals surface area contributed by atoms with Crippen molar-refractivity contribution in [2.24, 2.45) is 5.73 Å². The first kappa shape index (κ1) is 27.5. The molecule has 12 heteroatoms. The van der Waals surface area contributed by atoms with Gasteiger partial charge in [-0.15, -0.1) is 0 Å².